The first-order valence-electron chi connectivity index (χ1n) is 20.4. The van der Waals surface area contributed by atoms with Crippen LogP contribution in [0.5, 0.6) is 0 Å². The number of amides is 3. The number of likely N-dealkylation sites (N-methyl/N-ethyl adjacent to an activating group) is 1. The van der Waals surface area contributed by atoms with Crippen LogP contribution in [0.15, 0.2) is 78.9 Å². The lowest BCUT2D eigenvalue weighted by Crippen LogP contribution is -2.55. The summed E-state index contributed by atoms with van der Waals surface area (Å²) in [4.78, 5) is 57.6. The Balaban J connectivity index is 1.21. The van der Waals surface area contributed by atoms with Crippen LogP contribution in [0.2, 0.25) is 0 Å². The first-order chi connectivity index (χ1) is 27.1. The highest BCUT2D eigenvalue weighted by Crippen LogP contribution is 2.44. The molecule has 3 N–H and O–H groups in total. The fraction of sp³-hybridized carbons (Fsp3) is 0.435. The van der Waals surface area contributed by atoms with Crippen LogP contribution in [-0.4, -0.2) is 82.4 Å². The molecule has 3 aromatic carbocycles. The predicted octanol–water partition coefficient (Wildman–Crippen LogP) is 7.94. The Morgan fingerprint density at radius 3 is 2.32 bits per heavy atom. The lowest BCUT2D eigenvalue weighted by Gasteiger charge is -2.32. The van der Waals surface area contributed by atoms with Crippen molar-refractivity contribution in [3.05, 3.63) is 95.6 Å². The fourth-order valence-corrected chi connectivity index (χ4v) is 9.33. The summed E-state index contributed by atoms with van der Waals surface area (Å²) in [5, 5.41) is 16.2. The molecule has 1 aromatic heterocycles. The first kappa shape index (κ1) is 39.0. The normalized spacial score (nSPS) is 18.9. The number of piperidine rings is 1. The summed E-state index contributed by atoms with van der Waals surface area (Å²) in [6, 6.07) is 23.2. The minimum Gasteiger partial charge on any atom is -0.478 e. The molecule has 0 radical (unpaired) electrons. The van der Waals surface area contributed by atoms with Gasteiger partial charge in [-0.05, 0) is 111 Å². The Hall–Kier alpha value is -5.22. The van der Waals surface area contributed by atoms with Gasteiger partial charge in [-0.2, -0.15) is 0 Å². The summed E-state index contributed by atoms with van der Waals surface area (Å²) in [6.45, 7) is 2.96. The van der Waals surface area contributed by atoms with Gasteiger partial charge >= 0.3 is 5.97 Å². The molecule has 3 aliphatic rings. The van der Waals surface area contributed by atoms with Crippen molar-refractivity contribution in [3.63, 3.8) is 0 Å². The molecule has 0 bridgehead atoms. The Morgan fingerprint density at radius 1 is 0.893 bits per heavy atom. The van der Waals surface area contributed by atoms with Crippen LogP contribution in [0.3, 0.4) is 0 Å². The highest BCUT2D eigenvalue weighted by Gasteiger charge is 2.43. The number of carboxylic acids is 1. The van der Waals surface area contributed by atoms with E-state index in [1.807, 2.05) is 42.3 Å². The zero-order valence-corrected chi connectivity index (χ0v) is 32.8. The van der Waals surface area contributed by atoms with Gasteiger partial charge in [0.1, 0.15) is 12.1 Å². The molecule has 1 aliphatic heterocycles. The second-order valence-corrected chi connectivity index (χ2v) is 16.3. The van der Waals surface area contributed by atoms with Crippen molar-refractivity contribution in [1.82, 2.24) is 19.7 Å². The van der Waals surface area contributed by atoms with Crippen molar-refractivity contribution < 1.29 is 24.3 Å². The van der Waals surface area contributed by atoms with Crippen LogP contribution in [0.4, 0.5) is 5.69 Å². The van der Waals surface area contributed by atoms with E-state index in [4.69, 9.17) is 5.11 Å². The van der Waals surface area contributed by atoms with Crippen LogP contribution >= 0.6 is 0 Å². The Labute approximate surface area is 329 Å². The molecule has 1 saturated heterocycles. The zero-order chi connectivity index (χ0) is 39.2. The number of carboxylic acid groups (broad SMARTS) is 1. The number of carbonyl (C=O) groups is 4. The molecule has 0 spiro atoms. The van der Waals surface area contributed by atoms with E-state index >= 15 is 0 Å². The number of anilines is 1. The molecule has 2 heterocycles. The molecule has 1 atom stereocenters. The Morgan fingerprint density at radius 2 is 1.62 bits per heavy atom. The number of nitrogens with zero attached hydrogens (tertiary/aromatic N) is 3. The maximum Gasteiger partial charge on any atom is 0.328 e. The highest BCUT2D eigenvalue weighted by atomic mass is 16.4. The summed E-state index contributed by atoms with van der Waals surface area (Å²) in [5.41, 5.74) is 4.87. The van der Waals surface area contributed by atoms with Gasteiger partial charge in [0, 0.05) is 42.9 Å². The summed E-state index contributed by atoms with van der Waals surface area (Å²) in [7, 11) is 4.07. The van der Waals surface area contributed by atoms with E-state index in [0.717, 1.165) is 79.9 Å². The van der Waals surface area contributed by atoms with Crippen molar-refractivity contribution in [2.45, 2.75) is 88.6 Å². The number of benzene rings is 3. The SMILES string of the molecule is CN1CCCC(CN(C)C(=O)Cn2c(-c3ccccc3)c(C3CCCCC3)c3ccc(C(=O)NC4(C(=O)Nc5ccc(C=CC(=O)O)cc5)CCCC4)cc32)C1. The second kappa shape index (κ2) is 17.3. The standard InChI is InChI=1S/C46H55N5O5/c1-49-27-11-12-33(29-49)30-50(2)40(52)31-51-39-28-36(20-23-38(39)42(34-13-5-3-6-14-34)43(51)35-15-7-4-8-16-35)44(55)48-46(25-9-10-26-46)45(56)47-37-21-17-32(18-22-37)19-24-41(53)54/h4,7-8,15-24,28,33-34H,3,5-6,9-14,25-27,29-31H2,1-2H3,(H,47,56)(H,48,55)(H,53,54). The van der Waals surface area contributed by atoms with Gasteiger partial charge in [-0.1, -0.05) is 80.6 Å². The quantitative estimate of drug-likeness (QED) is 0.126. The topological polar surface area (TPSA) is 124 Å². The molecule has 4 aromatic rings. The van der Waals surface area contributed by atoms with Crippen LogP contribution in [0.25, 0.3) is 28.2 Å². The van der Waals surface area contributed by atoms with Gasteiger partial charge in [0.25, 0.3) is 5.91 Å². The van der Waals surface area contributed by atoms with Gasteiger partial charge in [-0.15, -0.1) is 0 Å². The maximum atomic E-state index is 14.3. The molecule has 2 saturated carbocycles. The maximum absolute atomic E-state index is 14.3. The second-order valence-electron chi connectivity index (χ2n) is 16.3. The van der Waals surface area contributed by atoms with E-state index < -0.39 is 11.5 Å². The number of hydrogen-bond donors (Lipinski definition) is 3. The van der Waals surface area contributed by atoms with Crippen LogP contribution in [0, 0.1) is 5.92 Å². The number of fused-ring (bicyclic) bond motifs is 1. The summed E-state index contributed by atoms with van der Waals surface area (Å²) in [5.74, 6) is -0.798. The number of aliphatic carboxylic acids is 1. The minimum absolute atomic E-state index is 0.0462. The van der Waals surface area contributed by atoms with Crippen molar-refractivity contribution in [2.24, 2.45) is 5.92 Å². The van der Waals surface area contributed by atoms with Crippen molar-refractivity contribution in [1.29, 1.82) is 0 Å². The van der Waals surface area contributed by atoms with Crippen LogP contribution in [0.1, 0.15) is 98.0 Å². The molecular weight excluding hydrogens is 703 g/mol. The molecule has 56 heavy (non-hydrogen) atoms. The van der Waals surface area contributed by atoms with Gasteiger partial charge in [0.2, 0.25) is 11.8 Å². The molecule has 7 rings (SSSR count). The third kappa shape index (κ3) is 8.76. The molecule has 10 nitrogen and oxygen atoms in total. The first-order valence-corrected chi connectivity index (χ1v) is 20.4. The van der Waals surface area contributed by atoms with Crippen molar-refractivity contribution in [2.75, 3.05) is 39.0 Å². The van der Waals surface area contributed by atoms with Crippen LogP contribution < -0.4 is 10.6 Å². The van der Waals surface area contributed by atoms with E-state index in [1.54, 1.807) is 24.3 Å². The third-order valence-electron chi connectivity index (χ3n) is 12.2. The molecule has 3 fully saturated rings. The van der Waals surface area contributed by atoms with E-state index in [2.05, 4.69) is 45.3 Å². The number of likely N-dealkylation sites (tertiary alicyclic amines) is 1. The van der Waals surface area contributed by atoms with Crippen molar-refractivity contribution >= 4 is 46.4 Å². The average Bonchev–Trinajstić information content (AvgIpc) is 3.81. The zero-order valence-electron chi connectivity index (χ0n) is 32.8. The fourth-order valence-electron chi connectivity index (χ4n) is 9.33. The molecule has 3 amide bonds. The highest BCUT2D eigenvalue weighted by molar-refractivity contribution is 6.06. The summed E-state index contributed by atoms with van der Waals surface area (Å²) in [6.07, 6.45) is 13.2. The van der Waals surface area contributed by atoms with E-state index in [9.17, 15) is 19.2 Å². The molecule has 294 valence electrons. The summed E-state index contributed by atoms with van der Waals surface area (Å²) < 4.78 is 2.16. The number of rotatable bonds is 12. The van der Waals surface area contributed by atoms with Gasteiger partial charge in [-0.25, -0.2) is 4.79 Å². The predicted molar refractivity (Wildman–Crippen MR) is 221 cm³/mol. The minimum atomic E-state index is -1.08. The van der Waals surface area contributed by atoms with Gasteiger partial charge < -0.3 is 30.1 Å². The number of carbonyl (C=O) groups excluding carboxylic acids is 3. The Kier molecular flexibility index (Phi) is 12.0. The average molecular weight is 758 g/mol. The molecular formula is C46H55N5O5. The molecule has 1 unspecified atom stereocenters. The molecule has 2 aliphatic carbocycles. The van der Waals surface area contributed by atoms with Gasteiger partial charge in [0.15, 0.2) is 0 Å². The lowest BCUT2D eigenvalue weighted by atomic mass is 9.81. The lowest BCUT2D eigenvalue weighted by molar-refractivity contribution is -0.132. The number of hydrogen-bond acceptors (Lipinski definition) is 5. The van der Waals surface area contributed by atoms with E-state index in [1.165, 1.54) is 30.9 Å². The number of aromatic nitrogens is 1. The molecule has 10 heteroatoms. The Bertz CT molecular complexity index is 2080. The van der Waals surface area contributed by atoms with E-state index in [-0.39, 0.29) is 24.3 Å². The van der Waals surface area contributed by atoms with Crippen LogP contribution in [-0.2, 0) is 20.9 Å². The van der Waals surface area contributed by atoms with E-state index in [0.29, 0.717) is 48.0 Å². The summed E-state index contributed by atoms with van der Waals surface area (Å²) >= 11 is 0. The van der Waals surface area contributed by atoms with Crippen molar-refractivity contribution in [3.8, 4) is 11.3 Å². The van der Waals surface area contributed by atoms with Gasteiger partial charge in [-0.3, -0.25) is 14.4 Å². The smallest absolute Gasteiger partial charge is 0.328 e. The number of nitrogens with one attached hydrogen (secondary N) is 2. The van der Waals surface area contributed by atoms with Gasteiger partial charge in [0.05, 0.1) is 11.2 Å². The third-order valence-corrected chi connectivity index (χ3v) is 12.2. The monoisotopic (exact) mass is 757 g/mol. The largest absolute Gasteiger partial charge is 0.478 e.